The van der Waals surface area contributed by atoms with Crippen molar-refractivity contribution >= 4 is 5.97 Å². The summed E-state index contributed by atoms with van der Waals surface area (Å²) in [6, 6.07) is 0.415. The summed E-state index contributed by atoms with van der Waals surface area (Å²) in [5.41, 5.74) is 0. The first kappa shape index (κ1) is 9.48. The SMILES string of the molecule is CN(CC(=O)O)C1CC[N]CC1. The molecule has 0 bridgehead atoms. The molecule has 1 aliphatic rings. The van der Waals surface area contributed by atoms with Crippen LogP contribution in [0.4, 0.5) is 0 Å². The van der Waals surface area contributed by atoms with Crippen molar-refractivity contribution in [2.45, 2.75) is 18.9 Å². The van der Waals surface area contributed by atoms with Crippen LogP contribution in [0.25, 0.3) is 0 Å². The molecule has 0 saturated carbocycles. The summed E-state index contributed by atoms with van der Waals surface area (Å²) in [4.78, 5) is 12.3. The fourth-order valence-corrected chi connectivity index (χ4v) is 1.52. The van der Waals surface area contributed by atoms with Crippen LogP contribution in [0.3, 0.4) is 0 Å². The molecular formula is C8H15N2O2. The van der Waals surface area contributed by atoms with E-state index in [1.165, 1.54) is 0 Å². The molecule has 0 unspecified atom stereocenters. The van der Waals surface area contributed by atoms with Gasteiger partial charge < -0.3 is 5.11 Å². The summed E-state index contributed by atoms with van der Waals surface area (Å²) < 4.78 is 0. The molecule has 4 nitrogen and oxygen atoms in total. The zero-order valence-electron chi connectivity index (χ0n) is 7.36. The highest BCUT2D eigenvalue weighted by molar-refractivity contribution is 5.69. The molecule has 1 rings (SSSR count). The van der Waals surface area contributed by atoms with Gasteiger partial charge >= 0.3 is 5.97 Å². The molecule has 69 valence electrons. The third-order valence-corrected chi connectivity index (χ3v) is 2.25. The van der Waals surface area contributed by atoms with Crippen molar-refractivity contribution in [3.05, 3.63) is 0 Å². The first-order valence-electron chi connectivity index (χ1n) is 4.25. The van der Waals surface area contributed by atoms with E-state index in [4.69, 9.17) is 5.11 Å². The topological polar surface area (TPSA) is 54.6 Å². The zero-order chi connectivity index (χ0) is 8.97. The molecule has 4 heteroatoms. The Bertz CT molecular complexity index is 155. The van der Waals surface area contributed by atoms with Crippen LogP contribution in [0.5, 0.6) is 0 Å². The van der Waals surface area contributed by atoms with Crippen LogP contribution in [-0.4, -0.2) is 48.7 Å². The summed E-state index contributed by atoms with van der Waals surface area (Å²) in [5, 5.41) is 12.8. The van der Waals surface area contributed by atoms with E-state index < -0.39 is 5.97 Å². The van der Waals surface area contributed by atoms with Crippen molar-refractivity contribution in [2.75, 3.05) is 26.7 Å². The summed E-state index contributed by atoms with van der Waals surface area (Å²) in [6.07, 6.45) is 2.01. The maximum atomic E-state index is 10.4. The third kappa shape index (κ3) is 2.79. The number of rotatable bonds is 3. The van der Waals surface area contributed by atoms with Gasteiger partial charge in [0, 0.05) is 19.1 Å². The molecule has 0 aliphatic carbocycles. The second-order valence-electron chi connectivity index (χ2n) is 3.21. The van der Waals surface area contributed by atoms with Crippen LogP contribution in [0.15, 0.2) is 0 Å². The minimum Gasteiger partial charge on any atom is -0.480 e. The quantitative estimate of drug-likeness (QED) is 0.638. The number of nitrogens with zero attached hydrogens (tertiary/aromatic N) is 2. The number of carbonyl (C=O) groups is 1. The molecule has 1 aliphatic heterocycles. The molecule has 1 N–H and O–H groups in total. The molecule has 0 spiro atoms. The first-order chi connectivity index (χ1) is 5.70. The number of hydrogen-bond donors (Lipinski definition) is 1. The van der Waals surface area contributed by atoms with E-state index in [1.54, 1.807) is 0 Å². The molecule has 1 saturated heterocycles. The van der Waals surface area contributed by atoms with Crippen molar-refractivity contribution in [3.8, 4) is 0 Å². The Kier molecular flexibility index (Phi) is 3.49. The van der Waals surface area contributed by atoms with Crippen molar-refractivity contribution < 1.29 is 9.90 Å². The predicted octanol–water partition coefficient (Wildman–Crippen LogP) is -0.230. The van der Waals surface area contributed by atoms with Crippen molar-refractivity contribution in [1.29, 1.82) is 0 Å². The average Bonchev–Trinajstić information content (AvgIpc) is 2.05. The number of likely N-dealkylation sites (N-methyl/N-ethyl adjacent to an activating group) is 1. The van der Waals surface area contributed by atoms with E-state index in [1.807, 2.05) is 11.9 Å². The molecule has 0 aromatic carbocycles. The van der Waals surface area contributed by atoms with Crippen molar-refractivity contribution in [3.63, 3.8) is 0 Å². The van der Waals surface area contributed by atoms with Crippen molar-refractivity contribution in [1.82, 2.24) is 10.2 Å². The predicted molar refractivity (Wildman–Crippen MR) is 45.2 cm³/mol. The van der Waals surface area contributed by atoms with Gasteiger partial charge in [-0.15, -0.1) is 0 Å². The van der Waals surface area contributed by atoms with Gasteiger partial charge in [-0.1, -0.05) is 0 Å². The fourth-order valence-electron chi connectivity index (χ4n) is 1.52. The normalized spacial score (nSPS) is 19.8. The molecule has 1 radical (unpaired) electrons. The van der Waals surface area contributed by atoms with Crippen LogP contribution < -0.4 is 5.32 Å². The van der Waals surface area contributed by atoms with E-state index in [-0.39, 0.29) is 6.54 Å². The van der Waals surface area contributed by atoms with Gasteiger partial charge in [-0.05, 0) is 19.9 Å². The van der Waals surface area contributed by atoms with Gasteiger partial charge in [0.05, 0.1) is 6.54 Å². The minimum atomic E-state index is -0.750. The second kappa shape index (κ2) is 4.42. The Labute approximate surface area is 72.6 Å². The van der Waals surface area contributed by atoms with Crippen LogP contribution in [-0.2, 0) is 4.79 Å². The number of aliphatic carboxylic acids is 1. The van der Waals surface area contributed by atoms with Crippen LogP contribution in [0.1, 0.15) is 12.8 Å². The second-order valence-corrected chi connectivity index (χ2v) is 3.21. The summed E-state index contributed by atoms with van der Waals surface area (Å²) in [5.74, 6) is -0.750. The van der Waals surface area contributed by atoms with E-state index in [0.29, 0.717) is 6.04 Å². The monoisotopic (exact) mass is 171 g/mol. The van der Waals surface area contributed by atoms with E-state index in [9.17, 15) is 4.79 Å². The standard InChI is InChI=1S/C8H15N2O2/c1-10(6-8(11)12)7-2-4-9-5-3-7/h7H,2-6H2,1H3,(H,11,12). The van der Waals surface area contributed by atoms with Gasteiger partial charge in [0.25, 0.3) is 0 Å². The first-order valence-corrected chi connectivity index (χ1v) is 4.25. The highest BCUT2D eigenvalue weighted by Crippen LogP contribution is 2.09. The largest absolute Gasteiger partial charge is 0.480 e. The maximum absolute atomic E-state index is 10.4. The lowest BCUT2D eigenvalue weighted by atomic mass is 10.1. The Morgan fingerprint density at radius 3 is 2.67 bits per heavy atom. The molecule has 12 heavy (non-hydrogen) atoms. The van der Waals surface area contributed by atoms with Gasteiger partial charge in [0.2, 0.25) is 0 Å². The number of piperidine rings is 1. The summed E-state index contributed by atoms with van der Waals surface area (Å²) in [6.45, 7) is 1.91. The van der Waals surface area contributed by atoms with E-state index in [0.717, 1.165) is 25.9 Å². The molecule has 0 aromatic heterocycles. The Morgan fingerprint density at radius 2 is 2.17 bits per heavy atom. The third-order valence-electron chi connectivity index (χ3n) is 2.25. The molecular weight excluding hydrogens is 156 g/mol. The van der Waals surface area contributed by atoms with Crippen LogP contribution in [0, 0.1) is 0 Å². The Morgan fingerprint density at radius 1 is 1.58 bits per heavy atom. The number of hydrogen-bond acceptors (Lipinski definition) is 2. The van der Waals surface area contributed by atoms with Gasteiger partial charge in [0.15, 0.2) is 0 Å². The van der Waals surface area contributed by atoms with Crippen LogP contribution in [0.2, 0.25) is 0 Å². The van der Waals surface area contributed by atoms with Crippen molar-refractivity contribution in [2.24, 2.45) is 0 Å². The van der Waals surface area contributed by atoms with Gasteiger partial charge in [-0.2, -0.15) is 0 Å². The smallest absolute Gasteiger partial charge is 0.317 e. The molecule has 0 aromatic rings. The van der Waals surface area contributed by atoms with E-state index in [2.05, 4.69) is 5.32 Å². The summed E-state index contributed by atoms with van der Waals surface area (Å²) >= 11 is 0. The average molecular weight is 171 g/mol. The fraction of sp³-hybridized carbons (Fsp3) is 0.875. The number of carboxylic acids is 1. The van der Waals surface area contributed by atoms with Crippen LogP contribution >= 0.6 is 0 Å². The molecule has 1 fully saturated rings. The lowest BCUT2D eigenvalue weighted by molar-refractivity contribution is -0.138. The van der Waals surface area contributed by atoms with Gasteiger partial charge in [-0.25, -0.2) is 5.32 Å². The highest BCUT2D eigenvalue weighted by atomic mass is 16.4. The molecule has 0 atom stereocenters. The lowest BCUT2D eigenvalue weighted by Gasteiger charge is -2.29. The molecule has 1 heterocycles. The highest BCUT2D eigenvalue weighted by Gasteiger charge is 2.19. The van der Waals surface area contributed by atoms with E-state index >= 15 is 0 Å². The number of carboxylic acid groups (broad SMARTS) is 1. The summed E-state index contributed by atoms with van der Waals surface area (Å²) in [7, 11) is 1.87. The zero-order valence-corrected chi connectivity index (χ0v) is 7.36. The minimum absolute atomic E-state index is 0.144. The molecule has 0 amide bonds. The van der Waals surface area contributed by atoms with Gasteiger partial charge in [0.1, 0.15) is 0 Å². The lowest BCUT2D eigenvalue weighted by Crippen LogP contribution is -2.41. The van der Waals surface area contributed by atoms with Gasteiger partial charge in [-0.3, -0.25) is 9.69 Å². The Balaban J connectivity index is 2.29. The Hall–Kier alpha value is -0.610. The maximum Gasteiger partial charge on any atom is 0.317 e.